The number of fused-ring (bicyclic) bond motifs is 1. The molecule has 1 aliphatic rings. The molecule has 94 valence electrons. The molecule has 1 heteroatoms. The summed E-state index contributed by atoms with van der Waals surface area (Å²) >= 11 is 0. The maximum atomic E-state index is 12.6. The summed E-state index contributed by atoms with van der Waals surface area (Å²) in [6.07, 6.45) is 4.11. The molecule has 0 heterocycles. The third-order valence-corrected chi connectivity index (χ3v) is 3.88. The van der Waals surface area contributed by atoms with Gasteiger partial charge in [0.25, 0.3) is 0 Å². The highest BCUT2D eigenvalue weighted by Gasteiger charge is 2.28. The molecule has 0 aliphatic heterocycles. The first kappa shape index (κ1) is 11.9. The van der Waals surface area contributed by atoms with Gasteiger partial charge in [-0.1, -0.05) is 73.7 Å². The van der Waals surface area contributed by atoms with Crippen molar-refractivity contribution in [3.8, 4) is 0 Å². The second-order valence-electron chi connectivity index (χ2n) is 5.04. The molecule has 3 rings (SSSR count). The monoisotopic (exact) mass is 248 g/mol. The van der Waals surface area contributed by atoms with Crippen molar-refractivity contribution in [2.45, 2.75) is 12.8 Å². The van der Waals surface area contributed by atoms with Crippen LogP contribution in [0, 0.1) is 5.92 Å². The number of hydrogen-bond acceptors (Lipinski definition) is 1. The van der Waals surface area contributed by atoms with Gasteiger partial charge in [-0.15, -0.1) is 0 Å². The average Bonchev–Trinajstić information content (AvgIpc) is 2.48. The molecule has 2 aromatic carbocycles. The minimum absolute atomic E-state index is 0.0581. The Hall–Kier alpha value is -2.15. The Morgan fingerprint density at radius 1 is 0.947 bits per heavy atom. The zero-order valence-electron chi connectivity index (χ0n) is 10.9. The van der Waals surface area contributed by atoms with Crippen molar-refractivity contribution in [2.75, 3.05) is 0 Å². The Morgan fingerprint density at radius 2 is 1.63 bits per heavy atom. The van der Waals surface area contributed by atoms with Crippen LogP contribution in [0.5, 0.6) is 0 Å². The van der Waals surface area contributed by atoms with Crippen LogP contribution in [0.15, 0.2) is 60.7 Å². The number of carbonyl (C=O) groups is 1. The molecule has 2 atom stereocenters. The molecule has 0 radical (unpaired) electrons. The van der Waals surface area contributed by atoms with E-state index in [1.54, 1.807) is 0 Å². The molecule has 0 saturated heterocycles. The summed E-state index contributed by atoms with van der Waals surface area (Å²) in [4.78, 5) is 12.6. The van der Waals surface area contributed by atoms with E-state index in [1.807, 2.05) is 48.5 Å². The van der Waals surface area contributed by atoms with Crippen molar-refractivity contribution >= 4 is 11.9 Å². The highest BCUT2D eigenvalue weighted by atomic mass is 16.1. The van der Waals surface area contributed by atoms with E-state index in [4.69, 9.17) is 0 Å². The minimum atomic E-state index is -0.0581. The fraction of sp³-hybridized carbons (Fsp3) is 0.167. The minimum Gasteiger partial charge on any atom is -0.293 e. The number of benzene rings is 2. The number of rotatable bonds is 2. The van der Waals surface area contributed by atoms with Crippen LogP contribution < -0.4 is 0 Å². The second-order valence-corrected chi connectivity index (χ2v) is 5.04. The Balaban J connectivity index is 1.95. The van der Waals surface area contributed by atoms with Gasteiger partial charge in [0.1, 0.15) is 0 Å². The van der Waals surface area contributed by atoms with Gasteiger partial charge >= 0.3 is 0 Å². The zero-order chi connectivity index (χ0) is 13.2. The lowest BCUT2D eigenvalue weighted by atomic mass is 9.78. The van der Waals surface area contributed by atoms with E-state index < -0.39 is 0 Å². The number of allylic oxidation sites excluding steroid dienone is 1. The van der Waals surface area contributed by atoms with Gasteiger partial charge in [-0.2, -0.15) is 0 Å². The maximum absolute atomic E-state index is 12.6. The first-order valence-corrected chi connectivity index (χ1v) is 6.64. The van der Waals surface area contributed by atoms with Crippen molar-refractivity contribution in [1.29, 1.82) is 0 Å². The highest BCUT2D eigenvalue weighted by Crippen LogP contribution is 2.32. The number of Topliss-reactive ketones (excluding diaryl/α,β-unsaturated/α-hetero) is 1. The zero-order valence-corrected chi connectivity index (χ0v) is 10.9. The van der Waals surface area contributed by atoms with E-state index in [-0.39, 0.29) is 17.6 Å². The Morgan fingerprint density at radius 3 is 2.42 bits per heavy atom. The molecule has 0 saturated carbocycles. The van der Waals surface area contributed by atoms with Gasteiger partial charge in [0, 0.05) is 11.5 Å². The van der Waals surface area contributed by atoms with Crippen molar-refractivity contribution in [1.82, 2.24) is 0 Å². The lowest BCUT2D eigenvalue weighted by molar-refractivity contribution is 0.0931. The molecule has 0 bridgehead atoms. The smallest absolute Gasteiger partial charge is 0.170 e. The van der Waals surface area contributed by atoms with Crippen LogP contribution in [0.25, 0.3) is 6.08 Å². The summed E-state index contributed by atoms with van der Waals surface area (Å²) in [6.45, 7) is 2.12. The van der Waals surface area contributed by atoms with Crippen LogP contribution in [0.2, 0.25) is 0 Å². The summed E-state index contributed by atoms with van der Waals surface area (Å²) in [5, 5.41) is 0. The van der Waals surface area contributed by atoms with Crippen LogP contribution in [-0.4, -0.2) is 5.78 Å². The summed E-state index contributed by atoms with van der Waals surface area (Å²) in [6, 6.07) is 18.0. The number of carbonyl (C=O) groups excluding carboxylic acids is 1. The van der Waals surface area contributed by atoms with Crippen molar-refractivity contribution in [2.24, 2.45) is 5.92 Å². The third-order valence-electron chi connectivity index (χ3n) is 3.88. The molecule has 0 spiro atoms. The Labute approximate surface area is 113 Å². The van der Waals surface area contributed by atoms with E-state index in [2.05, 4.69) is 25.1 Å². The molecule has 1 aliphatic carbocycles. The van der Waals surface area contributed by atoms with Crippen molar-refractivity contribution in [3.05, 3.63) is 77.4 Å². The van der Waals surface area contributed by atoms with Crippen LogP contribution in [-0.2, 0) is 0 Å². The van der Waals surface area contributed by atoms with Gasteiger partial charge in [0.05, 0.1) is 0 Å². The van der Waals surface area contributed by atoms with Crippen LogP contribution >= 0.6 is 0 Å². The summed E-state index contributed by atoms with van der Waals surface area (Å²) in [7, 11) is 0. The van der Waals surface area contributed by atoms with E-state index in [0.717, 1.165) is 11.1 Å². The molecule has 2 aromatic rings. The second kappa shape index (κ2) is 4.85. The number of ketones is 1. The number of hydrogen-bond donors (Lipinski definition) is 0. The maximum Gasteiger partial charge on any atom is 0.170 e. The molecule has 0 aromatic heterocycles. The quantitative estimate of drug-likeness (QED) is 0.773. The van der Waals surface area contributed by atoms with Crippen molar-refractivity contribution < 1.29 is 4.79 Å². The van der Waals surface area contributed by atoms with E-state index in [0.29, 0.717) is 0 Å². The molecule has 0 N–H and O–H groups in total. The van der Waals surface area contributed by atoms with Crippen LogP contribution in [0.4, 0.5) is 0 Å². The van der Waals surface area contributed by atoms with Gasteiger partial charge in [-0.25, -0.2) is 0 Å². The lowest BCUT2D eigenvalue weighted by Crippen LogP contribution is -2.22. The summed E-state index contributed by atoms with van der Waals surface area (Å²) in [5.41, 5.74) is 3.09. The van der Waals surface area contributed by atoms with Gasteiger partial charge in [-0.05, 0) is 17.0 Å². The normalized spacial score (nSPS) is 19.0. The van der Waals surface area contributed by atoms with Gasteiger partial charge < -0.3 is 0 Å². The first-order valence-electron chi connectivity index (χ1n) is 6.64. The van der Waals surface area contributed by atoms with E-state index >= 15 is 0 Å². The molecule has 0 unspecified atom stereocenters. The topological polar surface area (TPSA) is 17.1 Å². The molecular weight excluding hydrogens is 232 g/mol. The Kier molecular flexibility index (Phi) is 3.04. The average molecular weight is 248 g/mol. The standard InChI is InChI=1S/C18H16O/c1-13(14-7-3-2-4-8-14)16-12-11-15-9-5-6-10-17(15)18(16)19/h2-13,16H,1H3/t13-,16-/m1/s1. The predicted octanol–water partition coefficient (Wildman–Crippen LogP) is 4.32. The highest BCUT2D eigenvalue weighted by molar-refractivity contribution is 6.04. The molecule has 0 amide bonds. The Bertz CT molecular complexity index is 625. The van der Waals surface area contributed by atoms with Gasteiger partial charge in [0.15, 0.2) is 5.78 Å². The van der Waals surface area contributed by atoms with E-state index in [9.17, 15) is 4.79 Å². The lowest BCUT2D eigenvalue weighted by Gasteiger charge is -2.24. The fourth-order valence-electron chi connectivity index (χ4n) is 2.70. The first-order chi connectivity index (χ1) is 9.27. The van der Waals surface area contributed by atoms with Crippen LogP contribution in [0.3, 0.4) is 0 Å². The fourth-order valence-corrected chi connectivity index (χ4v) is 2.70. The molecule has 1 nitrogen and oxygen atoms in total. The van der Waals surface area contributed by atoms with Gasteiger partial charge in [0.2, 0.25) is 0 Å². The molecular formula is C18H16O. The molecule has 19 heavy (non-hydrogen) atoms. The molecule has 0 fully saturated rings. The largest absolute Gasteiger partial charge is 0.293 e. The predicted molar refractivity (Wildman–Crippen MR) is 78.2 cm³/mol. The summed E-state index contributed by atoms with van der Waals surface area (Å²) < 4.78 is 0. The van der Waals surface area contributed by atoms with E-state index in [1.165, 1.54) is 5.56 Å². The van der Waals surface area contributed by atoms with Crippen molar-refractivity contribution in [3.63, 3.8) is 0 Å². The van der Waals surface area contributed by atoms with Crippen LogP contribution in [0.1, 0.15) is 34.3 Å². The van der Waals surface area contributed by atoms with Gasteiger partial charge in [-0.3, -0.25) is 4.79 Å². The third kappa shape index (κ3) is 2.12. The SMILES string of the molecule is C[C@H](c1ccccc1)[C@H]1C=Cc2ccccc2C1=O. The summed E-state index contributed by atoms with van der Waals surface area (Å²) in [5.74, 6) is 0.380.